The Morgan fingerprint density at radius 1 is 1.05 bits per heavy atom. The smallest absolute Gasteiger partial charge is 0.231 e. The molecule has 21 heavy (non-hydrogen) atoms. The predicted octanol–water partition coefficient (Wildman–Crippen LogP) is 1.49. The van der Waals surface area contributed by atoms with Crippen molar-refractivity contribution < 1.29 is 4.74 Å². The van der Waals surface area contributed by atoms with Crippen LogP contribution in [-0.4, -0.2) is 54.3 Å². The van der Waals surface area contributed by atoms with Crippen LogP contribution in [0, 0.1) is 0 Å². The molecular weight excluding hydrogens is 268 g/mol. The van der Waals surface area contributed by atoms with Crippen LogP contribution in [0.5, 0.6) is 0 Å². The summed E-state index contributed by atoms with van der Waals surface area (Å²) in [6.07, 6.45) is 6.11. The normalized spacial score (nSPS) is 25.3. The van der Waals surface area contributed by atoms with E-state index < -0.39 is 0 Å². The minimum absolute atomic E-state index is 0.370. The Balaban J connectivity index is 1.70. The van der Waals surface area contributed by atoms with Crippen molar-refractivity contribution in [3.63, 3.8) is 0 Å². The van der Waals surface area contributed by atoms with Crippen LogP contribution in [0.1, 0.15) is 32.1 Å². The highest BCUT2D eigenvalue weighted by atomic mass is 16.5. The third-order valence-electron chi connectivity index (χ3n) is 4.25. The topological polar surface area (TPSA) is 75.2 Å². The third-order valence-corrected chi connectivity index (χ3v) is 4.25. The number of aromatic nitrogens is 3. The molecule has 1 aromatic heterocycles. The first kappa shape index (κ1) is 14.3. The fraction of sp³-hybridized carbons (Fsp3) is 0.786. The van der Waals surface area contributed by atoms with Gasteiger partial charge in [0.25, 0.3) is 0 Å². The van der Waals surface area contributed by atoms with Crippen LogP contribution in [-0.2, 0) is 4.74 Å². The largest absolute Gasteiger partial charge is 0.381 e. The van der Waals surface area contributed by atoms with Crippen LogP contribution in [0.4, 0.5) is 17.8 Å². The number of methoxy groups -OCH3 is 1. The van der Waals surface area contributed by atoms with Crippen molar-refractivity contribution in [3.8, 4) is 0 Å². The minimum atomic E-state index is 0.370. The summed E-state index contributed by atoms with van der Waals surface area (Å²) < 4.78 is 5.30. The maximum Gasteiger partial charge on any atom is 0.231 e. The van der Waals surface area contributed by atoms with E-state index in [0.717, 1.165) is 31.9 Å². The third kappa shape index (κ3) is 3.34. The molecule has 116 valence electrons. The minimum Gasteiger partial charge on any atom is -0.381 e. The summed E-state index contributed by atoms with van der Waals surface area (Å²) in [5.41, 5.74) is 0. The highest BCUT2D eigenvalue weighted by Gasteiger charge is 2.29. The summed E-state index contributed by atoms with van der Waals surface area (Å²) in [5, 5.41) is 6.41. The maximum absolute atomic E-state index is 5.30. The zero-order chi connectivity index (χ0) is 14.7. The number of nitrogens with one attached hydrogen (secondary N) is 2. The molecule has 0 amide bonds. The molecule has 2 fully saturated rings. The van der Waals surface area contributed by atoms with E-state index in [-0.39, 0.29) is 0 Å². The number of hydrogen-bond donors (Lipinski definition) is 2. The average Bonchev–Trinajstić information content (AvgIpc) is 2.51. The van der Waals surface area contributed by atoms with Gasteiger partial charge in [-0.15, -0.1) is 0 Å². The Morgan fingerprint density at radius 3 is 2.43 bits per heavy atom. The molecule has 0 unspecified atom stereocenters. The van der Waals surface area contributed by atoms with Gasteiger partial charge in [0.15, 0.2) is 0 Å². The van der Waals surface area contributed by atoms with Gasteiger partial charge in [-0.25, -0.2) is 0 Å². The Labute approximate surface area is 125 Å². The van der Waals surface area contributed by atoms with Crippen LogP contribution < -0.4 is 15.5 Å². The van der Waals surface area contributed by atoms with Gasteiger partial charge in [-0.05, 0) is 32.1 Å². The van der Waals surface area contributed by atoms with Crippen LogP contribution in [0.15, 0.2) is 0 Å². The van der Waals surface area contributed by atoms with E-state index in [9.17, 15) is 0 Å². The summed E-state index contributed by atoms with van der Waals surface area (Å²) in [5.74, 6) is 2.06. The van der Waals surface area contributed by atoms with E-state index >= 15 is 0 Å². The number of ether oxygens (including phenoxy) is 1. The van der Waals surface area contributed by atoms with Gasteiger partial charge in [-0.2, -0.15) is 15.0 Å². The van der Waals surface area contributed by atoms with Gasteiger partial charge < -0.3 is 20.3 Å². The van der Waals surface area contributed by atoms with Gasteiger partial charge in [0.1, 0.15) is 0 Å². The van der Waals surface area contributed by atoms with E-state index in [4.69, 9.17) is 4.74 Å². The van der Waals surface area contributed by atoms with E-state index in [2.05, 4.69) is 30.5 Å². The number of anilines is 3. The van der Waals surface area contributed by atoms with Crippen molar-refractivity contribution in [2.24, 2.45) is 0 Å². The molecule has 3 rings (SSSR count). The van der Waals surface area contributed by atoms with Crippen molar-refractivity contribution in [2.75, 3.05) is 42.8 Å². The molecule has 2 heterocycles. The molecule has 7 nitrogen and oxygen atoms in total. The molecule has 1 aromatic rings. The van der Waals surface area contributed by atoms with Gasteiger partial charge in [0, 0.05) is 33.3 Å². The summed E-state index contributed by atoms with van der Waals surface area (Å²) in [6, 6.07) is 0.399. The Kier molecular flexibility index (Phi) is 4.38. The van der Waals surface area contributed by atoms with Crippen molar-refractivity contribution >= 4 is 17.8 Å². The molecule has 7 heteroatoms. The molecule has 0 aromatic carbocycles. The summed E-state index contributed by atoms with van der Waals surface area (Å²) >= 11 is 0. The van der Waals surface area contributed by atoms with E-state index in [1.165, 1.54) is 19.3 Å². The fourth-order valence-electron chi connectivity index (χ4n) is 2.83. The highest BCUT2D eigenvalue weighted by Crippen LogP contribution is 2.26. The van der Waals surface area contributed by atoms with Crippen molar-refractivity contribution in [1.82, 2.24) is 15.0 Å². The van der Waals surface area contributed by atoms with Crippen LogP contribution >= 0.6 is 0 Å². The fourth-order valence-corrected chi connectivity index (χ4v) is 2.83. The van der Waals surface area contributed by atoms with Crippen molar-refractivity contribution in [3.05, 3.63) is 0 Å². The molecule has 1 aliphatic heterocycles. The number of piperidine rings is 1. The maximum atomic E-state index is 5.30. The molecular formula is C14H24N6O. The lowest BCUT2D eigenvalue weighted by Crippen LogP contribution is -2.41. The van der Waals surface area contributed by atoms with Gasteiger partial charge in [0.2, 0.25) is 17.8 Å². The molecule has 1 aliphatic carbocycles. The zero-order valence-electron chi connectivity index (χ0n) is 12.8. The Morgan fingerprint density at radius 2 is 1.76 bits per heavy atom. The zero-order valence-corrected chi connectivity index (χ0v) is 12.8. The van der Waals surface area contributed by atoms with Gasteiger partial charge in [0.05, 0.1) is 6.10 Å². The lowest BCUT2D eigenvalue weighted by Gasteiger charge is -2.34. The standard InChI is InChI=1S/C14H24N6O/c1-15-12-17-13(16-10-8-11(9-10)21-2)19-14(18-12)20-6-4-3-5-7-20/h10-11H,3-9H2,1-2H3,(H2,15,16,17,18,19). The number of rotatable bonds is 5. The molecule has 2 aliphatic rings. The van der Waals surface area contributed by atoms with Gasteiger partial charge >= 0.3 is 0 Å². The first-order valence-electron chi connectivity index (χ1n) is 7.76. The highest BCUT2D eigenvalue weighted by molar-refractivity contribution is 5.44. The van der Waals surface area contributed by atoms with Gasteiger partial charge in [-0.3, -0.25) is 0 Å². The Bertz CT molecular complexity index is 471. The van der Waals surface area contributed by atoms with Crippen molar-refractivity contribution in [2.45, 2.75) is 44.2 Å². The lowest BCUT2D eigenvalue weighted by molar-refractivity contribution is 0.0327. The quantitative estimate of drug-likeness (QED) is 0.851. The predicted molar refractivity (Wildman–Crippen MR) is 82.9 cm³/mol. The number of hydrogen-bond acceptors (Lipinski definition) is 7. The second kappa shape index (κ2) is 6.43. The molecule has 0 bridgehead atoms. The first-order valence-corrected chi connectivity index (χ1v) is 7.76. The van der Waals surface area contributed by atoms with Crippen LogP contribution in [0.25, 0.3) is 0 Å². The second-order valence-electron chi connectivity index (χ2n) is 5.75. The SMILES string of the molecule is CNc1nc(NC2CC(OC)C2)nc(N2CCCCC2)n1. The lowest BCUT2D eigenvalue weighted by atomic mass is 9.89. The van der Waals surface area contributed by atoms with Crippen LogP contribution in [0.2, 0.25) is 0 Å². The van der Waals surface area contributed by atoms with Crippen LogP contribution in [0.3, 0.4) is 0 Å². The molecule has 1 saturated carbocycles. The van der Waals surface area contributed by atoms with E-state index in [1.807, 2.05) is 7.05 Å². The molecule has 0 radical (unpaired) electrons. The molecule has 2 N–H and O–H groups in total. The van der Waals surface area contributed by atoms with Crippen molar-refractivity contribution in [1.29, 1.82) is 0 Å². The van der Waals surface area contributed by atoms with E-state index in [1.54, 1.807) is 7.11 Å². The molecule has 0 atom stereocenters. The summed E-state index contributed by atoms with van der Waals surface area (Å²) in [6.45, 7) is 2.06. The molecule has 0 spiro atoms. The summed E-state index contributed by atoms with van der Waals surface area (Å²) in [7, 11) is 3.60. The van der Waals surface area contributed by atoms with Gasteiger partial charge in [-0.1, -0.05) is 0 Å². The summed E-state index contributed by atoms with van der Waals surface area (Å²) in [4.78, 5) is 15.7. The molecule has 1 saturated heterocycles. The van der Waals surface area contributed by atoms with E-state index in [0.29, 0.717) is 24.0 Å². The monoisotopic (exact) mass is 292 g/mol. The first-order chi connectivity index (χ1) is 10.3. The number of nitrogens with zero attached hydrogens (tertiary/aromatic N) is 4. The second-order valence-corrected chi connectivity index (χ2v) is 5.75. The Hall–Kier alpha value is -1.63. The average molecular weight is 292 g/mol.